The largest absolute Gasteiger partial charge is 0.416 e. The Hall–Kier alpha value is -2.15. The maximum absolute atomic E-state index is 12.3. The van der Waals surface area contributed by atoms with Crippen LogP contribution in [0.2, 0.25) is 0 Å². The molecule has 0 saturated heterocycles. The van der Waals surface area contributed by atoms with E-state index in [4.69, 9.17) is 0 Å². The summed E-state index contributed by atoms with van der Waals surface area (Å²) < 4.78 is 37.0. The third kappa shape index (κ3) is 3.67. The van der Waals surface area contributed by atoms with Crippen molar-refractivity contribution in [3.05, 3.63) is 57.8 Å². The van der Waals surface area contributed by atoms with Crippen LogP contribution >= 0.6 is 11.3 Å². The van der Waals surface area contributed by atoms with Gasteiger partial charge < -0.3 is 0 Å². The van der Waals surface area contributed by atoms with Crippen LogP contribution in [0.1, 0.15) is 20.8 Å². The van der Waals surface area contributed by atoms with E-state index in [1.807, 2.05) is 0 Å². The summed E-state index contributed by atoms with van der Waals surface area (Å²) in [5.74, 6) is -0.358. The Kier molecular flexibility index (Phi) is 4.19. The van der Waals surface area contributed by atoms with Crippen molar-refractivity contribution in [3.63, 3.8) is 0 Å². The van der Waals surface area contributed by atoms with Gasteiger partial charge in [0.25, 0.3) is 5.91 Å². The summed E-state index contributed by atoms with van der Waals surface area (Å²) in [5.41, 5.74) is 2.03. The standard InChI is InChI=1S/C13H9F3N2OS/c14-13(15,16)10-5-3-9(4-6-10)8-17-18-12(19)11-2-1-7-20-11/h1-8H,(H,18,19). The highest BCUT2D eigenvalue weighted by Crippen LogP contribution is 2.28. The molecule has 0 aliphatic heterocycles. The van der Waals surface area contributed by atoms with E-state index in [1.165, 1.54) is 29.7 Å². The Morgan fingerprint density at radius 2 is 1.90 bits per heavy atom. The normalized spacial score (nSPS) is 11.8. The fourth-order valence-corrected chi connectivity index (χ4v) is 2.00. The van der Waals surface area contributed by atoms with Crippen LogP contribution in [0.15, 0.2) is 46.9 Å². The van der Waals surface area contributed by atoms with E-state index < -0.39 is 11.7 Å². The van der Waals surface area contributed by atoms with Gasteiger partial charge in [-0.25, -0.2) is 5.43 Å². The van der Waals surface area contributed by atoms with Crippen molar-refractivity contribution in [1.82, 2.24) is 5.43 Å². The van der Waals surface area contributed by atoms with Gasteiger partial charge in [-0.1, -0.05) is 18.2 Å². The van der Waals surface area contributed by atoms with Crippen molar-refractivity contribution in [3.8, 4) is 0 Å². The third-order valence-corrected chi connectivity index (χ3v) is 3.23. The number of hydrazone groups is 1. The molecule has 3 nitrogen and oxygen atoms in total. The molecule has 0 spiro atoms. The lowest BCUT2D eigenvalue weighted by Crippen LogP contribution is -2.16. The number of rotatable bonds is 3. The van der Waals surface area contributed by atoms with Gasteiger partial charge in [0, 0.05) is 0 Å². The molecule has 2 rings (SSSR count). The molecule has 2 aromatic rings. The third-order valence-electron chi connectivity index (χ3n) is 2.36. The molecule has 20 heavy (non-hydrogen) atoms. The Morgan fingerprint density at radius 1 is 1.20 bits per heavy atom. The Labute approximate surface area is 116 Å². The van der Waals surface area contributed by atoms with Crippen LogP contribution < -0.4 is 5.43 Å². The van der Waals surface area contributed by atoms with Crippen LogP contribution in [0.3, 0.4) is 0 Å². The molecule has 104 valence electrons. The second kappa shape index (κ2) is 5.87. The number of benzene rings is 1. The number of carbonyl (C=O) groups is 1. The average Bonchev–Trinajstić information content (AvgIpc) is 2.92. The highest BCUT2D eigenvalue weighted by molar-refractivity contribution is 7.12. The van der Waals surface area contributed by atoms with Gasteiger partial charge in [-0.2, -0.15) is 18.3 Å². The van der Waals surface area contributed by atoms with Crippen molar-refractivity contribution in [2.24, 2.45) is 5.10 Å². The van der Waals surface area contributed by atoms with Crippen molar-refractivity contribution in [2.45, 2.75) is 6.18 Å². The average molecular weight is 298 g/mol. The van der Waals surface area contributed by atoms with E-state index in [1.54, 1.807) is 17.5 Å². The number of thiophene rings is 1. The van der Waals surface area contributed by atoms with Crippen LogP contribution in [0.25, 0.3) is 0 Å². The molecule has 0 aliphatic rings. The molecule has 0 unspecified atom stereocenters. The van der Waals surface area contributed by atoms with Crippen LogP contribution in [0.5, 0.6) is 0 Å². The number of halogens is 3. The first-order valence-electron chi connectivity index (χ1n) is 5.51. The maximum Gasteiger partial charge on any atom is 0.416 e. The second-order valence-corrected chi connectivity index (χ2v) is 4.74. The van der Waals surface area contributed by atoms with Crippen LogP contribution in [0.4, 0.5) is 13.2 Å². The van der Waals surface area contributed by atoms with Gasteiger partial charge >= 0.3 is 6.18 Å². The minimum atomic E-state index is -4.36. The summed E-state index contributed by atoms with van der Waals surface area (Å²) >= 11 is 1.27. The van der Waals surface area contributed by atoms with Gasteiger partial charge in [-0.05, 0) is 29.1 Å². The Morgan fingerprint density at radius 3 is 2.45 bits per heavy atom. The van der Waals surface area contributed by atoms with Crippen LogP contribution in [0, 0.1) is 0 Å². The zero-order valence-corrected chi connectivity index (χ0v) is 10.8. The summed E-state index contributed by atoms with van der Waals surface area (Å²) in [4.78, 5) is 12.0. The quantitative estimate of drug-likeness (QED) is 0.683. The smallest absolute Gasteiger partial charge is 0.266 e. The number of amides is 1. The molecule has 7 heteroatoms. The molecule has 1 aromatic carbocycles. The number of alkyl halides is 3. The highest BCUT2D eigenvalue weighted by Gasteiger charge is 2.29. The molecule has 0 radical (unpaired) electrons. The highest BCUT2D eigenvalue weighted by atomic mass is 32.1. The number of carbonyl (C=O) groups excluding carboxylic acids is 1. The molecular formula is C13H9F3N2OS. The summed E-state index contributed by atoms with van der Waals surface area (Å²) in [5, 5.41) is 5.45. The topological polar surface area (TPSA) is 41.5 Å². The number of nitrogens with one attached hydrogen (secondary N) is 1. The molecule has 1 heterocycles. The van der Waals surface area contributed by atoms with Gasteiger partial charge in [0.1, 0.15) is 0 Å². The van der Waals surface area contributed by atoms with Crippen molar-refractivity contribution in [2.75, 3.05) is 0 Å². The molecule has 0 saturated carbocycles. The van der Waals surface area contributed by atoms with E-state index in [0.717, 1.165) is 12.1 Å². The Balaban J connectivity index is 1.97. The van der Waals surface area contributed by atoms with E-state index in [9.17, 15) is 18.0 Å². The van der Waals surface area contributed by atoms with Gasteiger partial charge in [-0.15, -0.1) is 11.3 Å². The number of hydrogen-bond acceptors (Lipinski definition) is 3. The molecule has 1 N–H and O–H groups in total. The fourth-order valence-electron chi connectivity index (χ4n) is 1.39. The van der Waals surface area contributed by atoms with Gasteiger partial charge in [0.05, 0.1) is 16.7 Å². The monoisotopic (exact) mass is 298 g/mol. The van der Waals surface area contributed by atoms with Crippen molar-refractivity contribution in [1.29, 1.82) is 0 Å². The lowest BCUT2D eigenvalue weighted by molar-refractivity contribution is -0.137. The van der Waals surface area contributed by atoms with E-state index >= 15 is 0 Å². The van der Waals surface area contributed by atoms with Crippen molar-refractivity contribution >= 4 is 23.5 Å². The molecule has 0 atom stereocenters. The molecule has 0 bridgehead atoms. The van der Waals surface area contributed by atoms with Gasteiger partial charge in [0.15, 0.2) is 0 Å². The minimum absolute atomic E-state index is 0.358. The lowest BCUT2D eigenvalue weighted by atomic mass is 10.1. The first-order chi connectivity index (χ1) is 9.47. The summed E-state index contributed by atoms with van der Waals surface area (Å²) in [7, 11) is 0. The molecule has 1 amide bonds. The zero-order valence-electron chi connectivity index (χ0n) is 10.0. The SMILES string of the molecule is O=C(NN=Cc1ccc(C(F)(F)F)cc1)c1cccs1. The predicted octanol–water partition coefficient (Wildman–Crippen LogP) is 3.53. The predicted molar refractivity (Wildman–Crippen MR) is 70.8 cm³/mol. The van der Waals surface area contributed by atoms with Crippen molar-refractivity contribution < 1.29 is 18.0 Å². The molecular weight excluding hydrogens is 289 g/mol. The Bertz CT molecular complexity index is 604. The fraction of sp³-hybridized carbons (Fsp3) is 0.0769. The lowest BCUT2D eigenvalue weighted by Gasteiger charge is -2.05. The zero-order chi connectivity index (χ0) is 14.6. The summed E-state index contributed by atoms with van der Waals surface area (Å²) in [6.45, 7) is 0. The van der Waals surface area contributed by atoms with E-state index in [0.29, 0.717) is 10.4 Å². The van der Waals surface area contributed by atoms with Crippen LogP contribution in [-0.2, 0) is 6.18 Å². The van der Waals surface area contributed by atoms with Gasteiger partial charge in [-0.3, -0.25) is 4.79 Å². The molecule has 0 aliphatic carbocycles. The number of nitrogens with zero attached hydrogens (tertiary/aromatic N) is 1. The first-order valence-corrected chi connectivity index (χ1v) is 6.39. The summed E-state index contributed by atoms with van der Waals surface area (Å²) in [6.07, 6.45) is -3.07. The molecule has 1 aromatic heterocycles. The number of hydrogen-bond donors (Lipinski definition) is 1. The van der Waals surface area contributed by atoms with Gasteiger partial charge in [0.2, 0.25) is 0 Å². The van der Waals surface area contributed by atoms with E-state index in [2.05, 4.69) is 10.5 Å². The summed E-state index contributed by atoms with van der Waals surface area (Å²) in [6, 6.07) is 7.87. The maximum atomic E-state index is 12.3. The minimum Gasteiger partial charge on any atom is -0.266 e. The molecule has 0 fully saturated rings. The van der Waals surface area contributed by atoms with Crippen LogP contribution in [-0.4, -0.2) is 12.1 Å². The van der Waals surface area contributed by atoms with E-state index in [-0.39, 0.29) is 5.91 Å². The first kappa shape index (κ1) is 14.3. The second-order valence-electron chi connectivity index (χ2n) is 3.80.